The van der Waals surface area contributed by atoms with E-state index in [-0.39, 0.29) is 27.9 Å². The minimum atomic E-state index is -4.80. The van der Waals surface area contributed by atoms with Gasteiger partial charge in [-0.05, 0) is 6.07 Å². The highest BCUT2D eigenvalue weighted by Crippen LogP contribution is 2.44. The van der Waals surface area contributed by atoms with Gasteiger partial charge in [-0.2, -0.15) is 13.2 Å². The first-order valence-corrected chi connectivity index (χ1v) is 12.2. The van der Waals surface area contributed by atoms with Gasteiger partial charge in [0.05, 0.1) is 11.2 Å². The summed E-state index contributed by atoms with van der Waals surface area (Å²) in [6, 6.07) is 24.5. The molecule has 0 saturated heterocycles. The van der Waals surface area contributed by atoms with Crippen molar-refractivity contribution in [3.8, 4) is 0 Å². The van der Waals surface area contributed by atoms with E-state index in [1.807, 2.05) is 0 Å². The number of nitrogens with zero attached hydrogens (tertiary/aromatic N) is 3. The maximum absolute atomic E-state index is 14.0. The van der Waals surface area contributed by atoms with Gasteiger partial charge in [0, 0.05) is 28.3 Å². The van der Waals surface area contributed by atoms with E-state index in [1.54, 1.807) is 84.9 Å². The Hall–Kier alpha value is -3.47. The van der Waals surface area contributed by atoms with E-state index in [9.17, 15) is 22.2 Å². The van der Waals surface area contributed by atoms with Crippen LogP contribution in [-0.2, 0) is 6.18 Å². The van der Waals surface area contributed by atoms with Crippen molar-refractivity contribution in [2.24, 2.45) is 4.99 Å². The summed E-state index contributed by atoms with van der Waals surface area (Å²) < 4.78 is 56.7. The maximum Gasteiger partial charge on any atom is 0.436 e. The fraction of sp³-hybridized carbons (Fsp3) is 0.0769. The average Bonchev–Trinajstić information content (AvgIpc) is 3.50. The van der Waals surface area contributed by atoms with Gasteiger partial charge in [-0.25, -0.2) is 9.98 Å². The van der Waals surface area contributed by atoms with Gasteiger partial charge in [0.25, 0.3) is 0 Å². The van der Waals surface area contributed by atoms with Crippen LogP contribution >= 0.6 is 23.7 Å². The van der Waals surface area contributed by atoms with Gasteiger partial charge >= 0.3 is 6.18 Å². The summed E-state index contributed by atoms with van der Waals surface area (Å²) in [5, 5.41) is 11.0. The molecular weight excluding hydrogens is 510 g/mol. The summed E-state index contributed by atoms with van der Waals surface area (Å²) in [6.07, 6.45) is -4.94. The zero-order valence-electron chi connectivity index (χ0n) is 18.4. The van der Waals surface area contributed by atoms with E-state index in [0.717, 1.165) is 0 Å². The molecule has 3 aromatic carbocycles. The highest BCUT2D eigenvalue weighted by molar-refractivity contribution is 7.92. The van der Waals surface area contributed by atoms with Crippen LogP contribution in [0, 0.1) is 0 Å². The third-order valence-electron chi connectivity index (χ3n) is 5.51. The number of aliphatic imine (C=N–C) groups is 1. The molecule has 0 fully saturated rings. The summed E-state index contributed by atoms with van der Waals surface area (Å²) in [7, 11) is 0. The van der Waals surface area contributed by atoms with E-state index in [4.69, 9.17) is 0 Å². The number of aliphatic hydroxyl groups excluding tert-OH is 1. The second-order valence-corrected chi connectivity index (χ2v) is 9.34. The number of aliphatic hydroxyl groups is 1. The quantitative estimate of drug-likeness (QED) is 0.181. The van der Waals surface area contributed by atoms with Crippen molar-refractivity contribution in [1.29, 1.82) is 0 Å². The summed E-state index contributed by atoms with van der Waals surface area (Å²) in [5.41, 5.74) is 1.16. The average molecular weight is 528 g/mol. The van der Waals surface area contributed by atoms with Gasteiger partial charge in [0.1, 0.15) is 16.1 Å². The van der Waals surface area contributed by atoms with Crippen LogP contribution in [0.15, 0.2) is 96.1 Å². The smallest absolute Gasteiger partial charge is 0.381 e. The summed E-state index contributed by atoms with van der Waals surface area (Å²) in [5.74, 6) is 0. The van der Waals surface area contributed by atoms with Crippen LogP contribution in [-0.4, -0.2) is 19.8 Å². The van der Waals surface area contributed by atoms with Crippen LogP contribution in [0.5, 0.6) is 0 Å². The first-order valence-electron chi connectivity index (χ1n) is 10.7. The largest absolute Gasteiger partial charge is 0.436 e. The van der Waals surface area contributed by atoms with E-state index < -0.39 is 18.0 Å². The molecule has 182 valence electrons. The molecule has 0 radical (unpaired) electrons. The second kappa shape index (κ2) is 9.88. The molecule has 0 spiro atoms. The van der Waals surface area contributed by atoms with Crippen LogP contribution < -0.4 is 0 Å². The lowest BCUT2D eigenvalue weighted by molar-refractivity contribution is -0.140. The SMILES string of the molecule is OC(c1nc(C(F)(F)F)c(N=C(c2ccccc2)c2ccccc2)s1)c1cn(SF)c2ccccc12. The molecule has 10 heteroatoms. The summed E-state index contributed by atoms with van der Waals surface area (Å²) in [4.78, 5) is 8.18. The topological polar surface area (TPSA) is 50.4 Å². The molecule has 36 heavy (non-hydrogen) atoms. The number of halogens is 4. The van der Waals surface area contributed by atoms with Gasteiger partial charge < -0.3 is 5.11 Å². The highest BCUT2D eigenvalue weighted by atomic mass is 32.2. The Bertz CT molecular complexity index is 1490. The highest BCUT2D eigenvalue weighted by Gasteiger charge is 2.39. The molecule has 0 aliphatic rings. The zero-order valence-corrected chi connectivity index (χ0v) is 20.0. The number of hydrogen-bond acceptors (Lipinski definition) is 5. The Labute approximate surface area is 212 Å². The Morgan fingerprint density at radius 3 is 2.08 bits per heavy atom. The number of aromatic nitrogens is 2. The van der Waals surface area contributed by atoms with Gasteiger partial charge in [0.2, 0.25) is 0 Å². The molecule has 0 aliphatic heterocycles. The molecule has 0 bridgehead atoms. The lowest BCUT2D eigenvalue weighted by Crippen LogP contribution is -2.08. The molecule has 1 N–H and O–H groups in total. The molecular formula is C26H17F4N3OS2. The number of rotatable bonds is 6. The van der Waals surface area contributed by atoms with Crippen LogP contribution in [0.25, 0.3) is 10.9 Å². The Morgan fingerprint density at radius 2 is 1.50 bits per heavy atom. The van der Waals surface area contributed by atoms with Crippen LogP contribution in [0.1, 0.15) is 33.5 Å². The van der Waals surface area contributed by atoms with Crippen molar-refractivity contribution in [2.75, 3.05) is 0 Å². The lowest BCUT2D eigenvalue weighted by atomic mass is 10.0. The first kappa shape index (κ1) is 24.2. The summed E-state index contributed by atoms with van der Waals surface area (Å²) in [6.45, 7) is 0. The van der Waals surface area contributed by atoms with E-state index >= 15 is 0 Å². The third-order valence-corrected chi connectivity index (χ3v) is 6.97. The zero-order chi connectivity index (χ0) is 25.3. The van der Waals surface area contributed by atoms with Crippen LogP contribution in [0.2, 0.25) is 0 Å². The van der Waals surface area contributed by atoms with Gasteiger partial charge in [-0.1, -0.05) is 90.2 Å². The molecule has 0 aliphatic carbocycles. The molecule has 0 saturated carbocycles. The number of para-hydroxylation sites is 1. The predicted molar refractivity (Wildman–Crippen MR) is 135 cm³/mol. The fourth-order valence-corrected chi connectivity index (χ4v) is 5.23. The number of alkyl halides is 3. The van der Waals surface area contributed by atoms with E-state index in [0.29, 0.717) is 39.1 Å². The van der Waals surface area contributed by atoms with Crippen molar-refractivity contribution < 1.29 is 22.2 Å². The molecule has 5 aromatic rings. The van der Waals surface area contributed by atoms with Gasteiger partial charge in [-0.3, -0.25) is 3.97 Å². The van der Waals surface area contributed by atoms with E-state index in [1.165, 1.54) is 10.2 Å². The van der Waals surface area contributed by atoms with Crippen molar-refractivity contribution in [1.82, 2.24) is 8.96 Å². The first-order chi connectivity index (χ1) is 17.4. The van der Waals surface area contributed by atoms with Gasteiger partial charge in [0.15, 0.2) is 18.0 Å². The van der Waals surface area contributed by atoms with Crippen molar-refractivity contribution >= 4 is 45.3 Å². The third kappa shape index (κ3) is 4.67. The van der Waals surface area contributed by atoms with E-state index in [2.05, 4.69) is 9.98 Å². The molecule has 2 aromatic heterocycles. The number of thiazole rings is 1. The summed E-state index contributed by atoms with van der Waals surface area (Å²) >= 11 is 0.589. The van der Waals surface area contributed by atoms with Crippen molar-refractivity contribution in [3.05, 3.63) is 119 Å². The number of benzene rings is 3. The second-order valence-electron chi connectivity index (χ2n) is 7.80. The standard InChI is InChI=1S/C26H17F4N3OS2/c27-26(28,29)23-25(31-21(16-9-3-1-4-10-16)17-11-5-2-6-12-17)35-24(32-23)22(34)19-15-33(36-30)20-14-8-7-13-18(19)20/h1-15,22,34H. The maximum atomic E-state index is 14.0. The number of hydrogen-bond donors (Lipinski definition) is 1. The molecule has 0 amide bonds. The Balaban J connectivity index is 1.66. The molecule has 1 atom stereocenters. The molecule has 1 unspecified atom stereocenters. The normalized spacial score (nSPS) is 12.6. The Kier molecular flexibility index (Phi) is 6.65. The number of fused-ring (bicyclic) bond motifs is 1. The molecule has 2 heterocycles. The van der Waals surface area contributed by atoms with Crippen LogP contribution in [0.4, 0.5) is 22.1 Å². The van der Waals surface area contributed by atoms with Crippen molar-refractivity contribution in [2.45, 2.75) is 12.3 Å². The minimum absolute atomic E-state index is 0.0653. The van der Waals surface area contributed by atoms with Gasteiger partial charge in [-0.15, -0.1) is 3.89 Å². The van der Waals surface area contributed by atoms with Crippen molar-refractivity contribution in [3.63, 3.8) is 0 Å². The molecule has 4 nitrogen and oxygen atoms in total. The Morgan fingerprint density at radius 1 is 0.917 bits per heavy atom. The minimum Gasteiger partial charge on any atom is -0.381 e. The predicted octanol–water partition coefficient (Wildman–Crippen LogP) is 7.75. The lowest BCUT2D eigenvalue weighted by Gasteiger charge is -2.08. The van der Waals surface area contributed by atoms with Crippen LogP contribution in [0.3, 0.4) is 0 Å². The monoisotopic (exact) mass is 527 g/mol. The molecule has 5 rings (SSSR count). The fourth-order valence-electron chi connectivity index (χ4n) is 3.88.